The van der Waals surface area contributed by atoms with E-state index in [1.165, 1.54) is 0 Å². The van der Waals surface area contributed by atoms with Gasteiger partial charge in [0.1, 0.15) is 5.01 Å². The number of rotatable bonds is 7. The lowest BCUT2D eigenvalue weighted by molar-refractivity contribution is 0.236. The third kappa shape index (κ3) is 5.02. The molecule has 7 nitrogen and oxygen atoms in total. The first-order chi connectivity index (χ1) is 11.0. The van der Waals surface area contributed by atoms with Crippen molar-refractivity contribution in [2.24, 2.45) is 0 Å². The Morgan fingerprint density at radius 1 is 1.39 bits per heavy atom. The van der Waals surface area contributed by atoms with Gasteiger partial charge in [-0.1, -0.05) is 25.9 Å². The Balaban J connectivity index is 1.77. The highest BCUT2D eigenvalue weighted by Crippen LogP contribution is 2.20. The van der Waals surface area contributed by atoms with Crippen LogP contribution >= 0.6 is 11.3 Å². The molecule has 23 heavy (non-hydrogen) atoms. The number of carbonyl (C=O) groups is 1. The zero-order valence-corrected chi connectivity index (χ0v) is 14.7. The highest BCUT2D eigenvalue weighted by Gasteiger charge is 2.16. The maximum absolute atomic E-state index is 12.0. The van der Waals surface area contributed by atoms with E-state index in [2.05, 4.69) is 25.8 Å². The van der Waals surface area contributed by atoms with Crippen molar-refractivity contribution < 1.29 is 9.32 Å². The summed E-state index contributed by atoms with van der Waals surface area (Å²) < 4.78 is 5.14. The number of nitrogens with zero attached hydrogens (tertiary/aromatic N) is 3. The summed E-state index contributed by atoms with van der Waals surface area (Å²) in [4.78, 5) is 20.7. The van der Waals surface area contributed by atoms with Crippen LogP contribution in [-0.4, -0.2) is 27.7 Å². The maximum Gasteiger partial charge on any atom is 0.315 e. The summed E-state index contributed by atoms with van der Waals surface area (Å²) in [6, 6.07) is -0.280. The normalized spacial score (nSPS) is 12.4. The number of thiazole rings is 1. The van der Waals surface area contributed by atoms with Crippen LogP contribution in [0.4, 0.5) is 4.79 Å². The second kappa shape index (κ2) is 8.05. The molecule has 126 valence electrons. The second-order valence-corrected chi connectivity index (χ2v) is 6.53. The Labute approximate surface area is 139 Å². The molecule has 0 saturated carbocycles. The zero-order chi connectivity index (χ0) is 16.8. The summed E-state index contributed by atoms with van der Waals surface area (Å²) in [6.07, 6.45) is 1.31. The number of hydrogen-bond donors (Lipinski definition) is 2. The molecule has 0 spiro atoms. The predicted octanol–water partition coefficient (Wildman–Crippen LogP) is 2.95. The smallest absolute Gasteiger partial charge is 0.315 e. The Morgan fingerprint density at radius 3 is 2.74 bits per heavy atom. The Hall–Kier alpha value is -1.96. The molecule has 1 unspecified atom stereocenters. The van der Waals surface area contributed by atoms with Crippen molar-refractivity contribution in [2.45, 2.75) is 52.5 Å². The lowest BCUT2D eigenvalue weighted by Crippen LogP contribution is -2.38. The van der Waals surface area contributed by atoms with Crippen molar-refractivity contribution in [3.05, 3.63) is 27.8 Å². The van der Waals surface area contributed by atoms with E-state index < -0.39 is 0 Å². The monoisotopic (exact) mass is 337 g/mol. The molecule has 0 bridgehead atoms. The van der Waals surface area contributed by atoms with Crippen molar-refractivity contribution in [1.82, 2.24) is 25.8 Å². The third-order valence-electron chi connectivity index (χ3n) is 3.27. The fourth-order valence-corrected chi connectivity index (χ4v) is 2.90. The summed E-state index contributed by atoms with van der Waals surface area (Å²) in [7, 11) is 0. The van der Waals surface area contributed by atoms with E-state index in [0.717, 1.165) is 17.1 Å². The molecule has 2 rings (SSSR count). The summed E-state index contributed by atoms with van der Waals surface area (Å²) in [5.74, 6) is 1.46. The van der Waals surface area contributed by atoms with Gasteiger partial charge in [-0.05, 0) is 13.3 Å². The lowest BCUT2D eigenvalue weighted by atomic mass is 10.2. The Kier molecular flexibility index (Phi) is 6.09. The molecule has 2 amide bonds. The van der Waals surface area contributed by atoms with Crippen molar-refractivity contribution in [2.75, 3.05) is 6.54 Å². The topological polar surface area (TPSA) is 92.9 Å². The maximum atomic E-state index is 12.0. The number of urea groups is 1. The molecule has 0 saturated heterocycles. The van der Waals surface area contributed by atoms with Crippen LogP contribution in [0.1, 0.15) is 61.6 Å². The summed E-state index contributed by atoms with van der Waals surface area (Å²) in [5, 5.41) is 12.6. The van der Waals surface area contributed by atoms with Crippen LogP contribution in [0.3, 0.4) is 0 Å². The van der Waals surface area contributed by atoms with Crippen LogP contribution in [-0.2, 0) is 6.42 Å². The van der Waals surface area contributed by atoms with Crippen molar-refractivity contribution in [3.8, 4) is 0 Å². The van der Waals surface area contributed by atoms with E-state index in [1.807, 2.05) is 33.1 Å². The minimum absolute atomic E-state index is 0.0651. The van der Waals surface area contributed by atoms with Crippen molar-refractivity contribution in [3.63, 3.8) is 0 Å². The van der Waals surface area contributed by atoms with E-state index in [1.54, 1.807) is 11.3 Å². The average Bonchev–Trinajstić information content (AvgIpc) is 3.14. The predicted molar refractivity (Wildman–Crippen MR) is 88.5 cm³/mol. The SMILES string of the molecule is CCC(NC(=O)NCCc1nc(C(C)C)no1)c1nc(C)cs1. The Bertz CT molecular complexity index is 637. The number of hydrogen-bond acceptors (Lipinski definition) is 6. The van der Waals surface area contributed by atoms with Gasteiger partial charge < -0.3 is 15.2 Å². The standard InChI is InChI=1S/C15H23N5O2S/c1-5-11(14-17-10(4)8-23-14)18-15(21)16-7-6-12-19-13(9(2)3)20-22-12/h8-9,11H,5-7H2,1-4H3,(H2,16,18,21). The van der Waals surface area contributed by atoms with Gasteiger partial charge in [-0.25, -0.2) is 9.78 Å². The van der Waals surface area contributed by atoms with E-state index in [4.69, 9.17) is 4.52 Å². The quantitative estimate of drug-likeness (QED) is 0.810. The van der Waals surface area contributed by atoms with Crippen LogP contribution in [0, 0.1) is 6.92 Å². The molecule has 0 aromatic carbocycles. The summed E-state index contributed by atoms with van der Waals surface area (Å²) >= 11 is 1.56. The minimum Gasteiger partial charge on any atom is -0.339 e. The molecular formula is C15H23N5O2S. The zero-order valence-electron chi connectivity index (χ0n) is 13.9. The van der Waals surface area contributed by atoms with E-state index in [0.29, 0.717) is 24.7 Å². The molecule has 0 aliphatic heterocycles. The van der Waals surface area contributed by atoms with Gasteiger partial charge in [0.25, 0.3) is 0 Å². The van der Waals surface area contributed by atoms with Crippen molar-refractivity contribution in [1.29, 1.82) is 0 Å². The average molecular weight is 337 g/mol. The van der Waals surface area contributed by atoms with Crippen molar-refractivity contribution >= 4 is 17.4 Å². The van der Waals surface area contributed by atoms with Crippen LogP contribution in [0.25, 0.3) is 0 Å². The lowest BCUT2D eigenvalue weighted by Gasteiger charge is -2.14. The van der Waals surface area contributed by atoms with Gasteiger partial charge in [-0.2, -0.15) is 4.98 Å². The number of carbonyl (C=O) groups excluding carboxylic acids is 1. The fraction of sp³-hybridized carbons (Fsp3) is 0.600. The molecule has 2 aromatic heterocycles. The van der Waals surface area contributed by atoms with Gasteiger partial charge in [-0.3, -0.25) is 0 Å². The van der Waals surface area contributed by atoms with Gasteiger partial charge in [-0.15, -0.1) is 11.3 Å². The van der Waals surface area contributed by atoms with Gasteiger partial charge >= 0.3 is 6.03 Å². The highest BCUT2D eigenvalue weighted by atomic mass is 32.1. The molecule has 2 aromatic rings. The van der Waals surface area contributed by atoms with Gasteiger partial charge in [0.05, 0.1) is 6.04 Å². The number of aromatic nitrogens is 3. The largest absolute Gasteiger partial charge is 0.339 e. The summed E-state index contributed by atoms with van der Waals surface area (Å²) in [6.45, 7) is 8.42. The van der Waals surface area contributed by atoms with E-state index >= 15 is 0 Å². The first-order valence-corrected chi connectivity index (χ1v) is 8.66. The molecule has 1 atom stereocenters. The van der Waals surface area contributed by atoms with Gasteiger partial charge in [0.2, 0.25) is 5.89 Å². The first kappa shape index (κ1) is 17.4. The molecule has 0 fully saturated rings. The number of nitrogens with one attached hydrogen (secondary N) is 2. The molecule has 2 heterocycles. The van der Waals surface area contributed by atoms with Crippen LogP contribution < -0.4 is 10.6 Å². The number of amides is 2. The van der Waals surface area contributed by atoms with Crippen LogP contribution in [0.2, 0.25) is 0 Å². The molecule has 0 aliphatic rings. The highest BCUT2D eigenvalue weighted by molar-refractivity contribution is 7.09. The first-order valence-electron chi connectivity index (χ1n) is 7.78. The molecule has 2 N–H and O–H groups in total. The molecule has 8 heteroatoms. The van der Waals surface area contributed by atoms with Crippen LogP contribution in [0.5, 0.6) is 0 Å². The van der Waals surface area contributed by atoms with Gasteiger partial charge in [0, 0.05) is 30.0 Å². The fourth-order valence-electron chi connectivity index (χ4n) is 1.97. The molecule has 0 radical (unpaired) electrons. The van der Waals surface area contributed by atoms with E-state index in [9.17, 15) is 4.79 Å². The Morgan fingerprint density at radius 2 is 2.17 bits per heavy atom. The van der Waals surface area contributed by atoms with E-state index in [-0.39, 0.29) is 18.0 Å². The summed E-state index contributed by atoms with van der Waals surface area (Å²) in [5.41, 5.74) is 0.975. The third-order valence-corrected chi connectivity index (χ3v) is 4.35. The molecule has 0 aliphatic carbocycles. The second-order valence-electron chi connectivity index (χ2n) is 5.64. The number of aryl methyl sites for hydroxylation is 1. The van der Waals surface area contributed by atoms with Gasteiger partial charge in [0.15, 0.2) is 5.82 Å². The minimum atomic E-state index is -0.215. The molecular weight excluding hydrogens is 314 g/mol. The van der Waals surface area contributed by atoms with Crippen LogP contribution in [0.15, 0.2) is 9.90 Å².